The summed E-state index contributed by atoms with van der Waals surface area (Å²) in [4.78, 5) is 7.10. The van der Waals surface area contributed by atoms with Crippen molar-refractivity contribution in [1.29, 1.82) is 0 Å². The topological polar surface area (TPSA) is 39.7 Å². The van der Waals surface area contributed by atoms with Crippen molar-refractivity contribution >= 4 is 29.9 Å². The number of rotatable bonds is 4. The quantitative estimate of drug-likeness (QED) is 0.377. The van der Waals surface area contributed by atoms with Crippen molar-refractivity contribution in [2.24, 2.45) is 16.8 Å². The Morgan fingerprint density at radius 3 is 2.36 bits per heavy atom. The van der Waals surface area contributed by atoms with Gasteiger partial charge in [-0.15, -0.1) is 24.0 Å². The maximum atomic E-state index is 4.47. The molecular formula is C20H39IN4. The molecule has 0 spiro atoms. The molecule has 0 aromatic carbocycles. The molecule has 1 saturated carbocycles. The van der Waals surface area contributed by atoms with E-state index in [0.29, 0.717) is 6.04 Å². The van der Waals surface area contributed by atoms with Crippen molar-refractivity contribution in [3.05, 3.63) is 0 Å². The highest BCUT2D eigenvalue weighted by Crippen LogP contribution is 2.32. The Labute approximate surface area is 172 Å². The highest BCUT2D eigenvalue weighted by molar-refractivity contribution is 14.0. The number of nitrogens with one attached hydrogen (secondary N) is 2. The van der Waals surface area contributed by atoms with Crippen molar-refractivity contribution in [3.8, 4) is 0 Å². The van der Waals surface area contributed by atoms with Crippen LogP contribution < -0.4 is 10.6 Å². The van der Waals surface area contributed by atoms with E-state index in [1.807, 2.05) is 7.05 Å². The van der Waals surface area contributed by atoms with Crippen molar-refractivity contribution in [1.82, 2.24) is 15.5 Å². The SMILES string of the molecule is CN=C(NCCC1CCCC(C)C1)NC1CC2CCCC(C1)N2C.I. The van der Waals surface area contributed by atoms with Crippen LogP contribution in [0.25, 0.3) is 0 Å². The number of fused-ring (bicyclic) bond motifs is 2. The number of halogens is 1. The largest absolute Gasteiger partial charge is 0.356 e. The van der Waals surface area contributed by atoms with Crippen LogP contribution in [-0.4, -0.2) is 49.6 Å². The minimum atomic E-state index is 0. The van der Waals surface area contributed by atoms with Gasteiger partial charge in [-0.3, -0.25) is 4.99 Å². The molecule has 2 N–H and O–H groups in total. The van der Waals surface area contributed by atoms with Crippen LogP contribution in [0.2, 0.25) is 0 Å². The molecular weight excluding hydrogens is 423 g/mol. The van der Waals surface area contributed by atoms with Crippen LogP contribution in [0.4, 0.5) is 0 Å². The van der Waals surface area contributed by atoms with Gasteiger partial charge in [0.25, 0.3) is 0 Å². The highest BCUT2D eigenvalue weighted by Gasteiger charge is 2.36. The summed E-state index contributed by atoms with van der Waals surface area (Å²) in [5.41, 5.74) is 0. The Bertz CT molecular complexity index is 414. The molecule has 2 heterocycles. The molecule has 25 heavy (non-hydrogen) atoms. The van der Waals surface area contributed by atoms with Gasteiger partial charge in [0, 0.05) is 31.7 Å². The van der Waals surface area contributed by atoms with Gasteiger partial charge in [0.15, 0.2) is 5.96 Å². The van der Waals surface area contributed by atoms with E-state index < -0.39 is 0 Å². The second kappa shape index (κ2) is 10.3. The van der Waals surface area contributed by atoms with E-state index in [2.05, 4.69) is 34.5 Å². The van der Waals surface area contributed by atoms with Gasteiger partial charge in [0.1, 0.15) is 0 Å². The lowest BCUT2D eigenvalue weighted by Crippen LogP contribution is -2.56. The zero-order chi connectivity index (χ0) is 16.9. The monoisotopic (exact) mass is 462 g/mol. The van der Waals surface area contributed by atoms with Crippen LogP contribution in [0.3, 0.4) is 0 Å². The lowest BCUT2D eigenvalue weighted by atomic mass is 9.81. The Morgan fingerprint density at radius 2 is 1.72 bits per heavy atom. The summed E-state index contributed by atoms with van der Waals surface area (Å²) in [6.07, 6.45) is 13.7. The van der Waals surface area contributed by atoms with Crippen LogP contribution >= 0.6 is 24.0 Å². The molecule has 3 rings (SSSR count). The Hall–Kier alpha value is -0.0400. The number of piperidine rings is 2. The molecule has 4 nitrogen and oxygen atoms in total. The first-order valence-electron chi connectivity index (χ1n) is 10.3. The second-order valence-corrected chi connectivity index (χ2v) is 8.64. The van der Waals surface area contributed by atoms with Gasteiger partial charge in [0.05, 0.1) is 0 Å². The number of nitrogens with zero attached hydrogens (tertiary/aromatic N) is 2. The van der Waals surface area contributed by atoms with Crippen LogP contribution in [-0.2, 0) is 0 Å². The van der Waals surface area contributed by atoms with E-state index in [4.69, 9.17) is 0 Å². The average Bonchev–Trinajstić information content (AvgIpc) is 2.55. The van der Waals surface area contributed by atoms with E-state index in [1.165, 1.54) is 64.2 Å². The third-order valence-electron chi connectivity index (χ3n) is 6.79. The summed E-state index contributed by atoms with van der Waals surface area (Å²) < 4.78 is 0. The van der Waals surface area contributed by atoms with Crippen LogP contribution in [0.5, 0.6) is 0 Å². The van der Waals surface area contributed by atoms with Crippen molar-refractivity contribution in [2.75, 3.05) is 20.6 Å². The third-order valence-corrected chi connectivity index (χ3v) is 6.79. The minimum Gasteiger partial charge on any atom is -0.356 e. The predicted octanol–water partition coefficient (Wildman–Crippen LogP) is 4.00. The molecule has 2 bridgehead atoms. The average molecular weight is 462 g/mol. The minimum absolute atomic E-state index is 0. The van der Waals surface area contributed by atoms with Gasteiger partial charge in [-0.2, -0.15) is 0 Å². The maximum absolute atomic E-state index is 4.47. The van der Waals surface area contributed by atoms with E-state index in [1.54, 1.807) is 0 Å². The first kappa shape index (κ1) is 21.3. The molecule has 1 aliphatic carbocycles. The van der Waals surface area contributed by atoms with Crippen molar-refractivity contribution < 1.29 is 0 Å². The molecule has 4 unspecified atom stereocenters. The Balaban J connectivity index is 0.00000225. The normalized spacial score (nSPS) is 36.4. The Morgan fingerprint density at radius 1 is 1.04 bits per heavy atom. The zero-order valence-corrected chi connectivity index (χ0v) is 18.8. The van der Waals surface area contributed by atoms with Crippen LogP contribution in [0, 0.1) is 11.8 Å². The fourth-order valence-electron chi connectivity index (χ4n) is 5.34. The number of aliphatic imine (C=N–C) groups is 1. The lowest BCUT2D eigenvalue weighted by molar-refractivity contribution is 0.0526. The predicted molar refractivity (Wildman–Crippen MR) is 118 cm³/mol. The second-order valence-electron chi connectivity index (χ2n) is 8.64. The van der Waals surface area contributed by atoms with Gasteiger partial charge < -0.3 is 15.5 Å². The Kier molecular flexibility index (Phi) is 8.79. The summed E-state index contributed by atoms with van der Waals surface area (Å²) in [6, 6.07) is 2.14. The molecule has 2 saturated heterocycles. The molecule has 0 radical (unpaired) electrons. The molecule has 2 aliphatic heterocycles. The van der Waals surface area contributed by atoms with E-state index in [0.717, 1.165) is 36.4 Å². The van der Waals surface area contributed by atoms with Gasteiger partial charge in [-0.25, -0.2) is 0 Å². The first-order chi connectivity index (χ1) is 11.7. The van der Waals surface area contributed by atoms with Gasteiger partial charge in [-0.05, 0) is 57.4 Å². The molecule has 0 aromatic rings. The lowest BCUT2D eigenvalue weighted by Gasteiger charge is -2.47. The molecule has 0 aromatic heterocycles. The molecule has 0 amide bonds. The van der Waals surface area contributed by atoms with Gasteiger partial charge >= 0.3 is 0 Å². The first-order valence-corrected chi connectivity index (χ1v) is 10.3. The third kappa shape index (κ3) is 5.98. The summed E-state index contributed by atoms with van der Waals surface area (Å²) in [6.45, 7) is 3.48. The molecule has 146 valence electrons. The summed E-state index contributed by atoms with van der Waals surface area (Å²) in [7, 11) is 4.23. The molecule has 4 atom stereocenters. The number of guanidine groups is 1. The maximum Gasteiger partial charge on any atom is 0.191 e. The summed E-state index contributed by atoms with van der Waals surface area (Å²) >= 11 is 0. The fraction of sp³-hybridized carbons (Fsp3) is 0.950. The van der Waals surface area contributed by atoms with Gasteiger partial charge in [0.2, 0.25) is 0 Å². The molecule has 3 fully saturated rings. The zero-order valence-electron chi connectivity index (χ0n) is 16.5. The summed E-state index contributed by atoms with van der Waals surface area (Å²) in [5, 5.41) is 7.29. The van der Waals surface area contributed by atoms with Crippen LogP contribution in [0.1, 0.15) is 71.1 Å². The highest BCUT2D eigenvalue weighted by atomic mass is 127. The van der Waals surface area contributed by atoms with Crippen molar-refractivity contribution in [2.45, 2.75) is 89.3 Å². The van der Waals surface area contributed by atoms with E-state index in [9.17, 15) is 0 Å². The van der Waals surface area contributed by atoms with Crippen LogP contribution in [0.15, 0.2) is 4.99 Å². The van der Waals surface area contributed by atoms with E-state index in [-0.39, 0.29) is 24.0 Å². The smallest absolute Gasteiger partial charge is 0.191 e. The van der Waals surface area contributed by atoms with E-state index >= 15 is 0 Å². The number of hydrogen-bond donors (Lipinski definition) is 2. The molecule has 3 aliphatic rings. The number of hydrogen-bond acceptors (Lipinski definition) is 2. The van der Waals surface area contributed by atoms with Gasteiger partial charge in [-0.1, -0.05) is 32.6 Å². The molecule has 5 heteroatoms. The van der Waals surface area contributed by atoms with Crippen molar-refractivity contribution in [3.63, 3.8) is 0 Å². The fourth-order valence-corrected chi connectivity index (χ4v) is 5.34. The standard InChI is InChI=1S/C20H38N4.HI/c1-15-6-4-7-16(12-15)10-11-22-20(21-2)23-17-13-18-8-5-9-19(14-17)24(18)3;/h15-19H,4-14H2,1-3H3,(H2,21,22,23);1H. The summed E-state index contributed by atoms with van der Waals surface area (Å²) in [5.74, 6) is 2.87.